The summed E-state index contributed by atoms with van der Waals surface area (Å²) in [4.78, 5) is 10.2. The van der Waals surface area contributed by atoms with Crippen molar-refractivity contribution in [2.24, 2.45) is 5.73 Å². The lowest BCUT2D eigenvalue weighted by atomic mass is 10.0. The Labute approximate surface area is 53.3 Å². The molecule has 0 unspecified atom stereocenters. The normalized spacial score (nSPS) is 16.8. The second kappa shape index (κ2) is 2.80. The molecule has 0 saturated heterocycles. The zero-order valence-corrected chi connectivity index (χ0v) is 5.29. The van der Waals surface area contributed by atoms with E-state index in [1.807, 2.05) is 0 Å². The Kier molecular flexibility index (Phi) is 2.61. The van der Waals surface area contributed by atoms with Gasteiger partial charge in [-0.25, -0.2) is 4.79 Å². The number of carboxylic acid groups (broad SMARTS) is 1. The number of carbonyl (C=O) groups is 1. The maximum absolute atomic E-state index is 10.2. The number of rotatable bonds is 3. The minimum atomic E-state index is -1.72. The standard InChI is InChI=1S/C5H11NO3/c1-2-5(9,3-6)4(7)8/h9H,2-3,6H2,1H3,(H,7,8)/t5-/m1/s1. The van der Waals surface area contributed by atoms with E-state index >= 15 is 0 Å². The summed E-state index contributed by atoms with van der Waals surface area (Å²) in [5.41, 5.74) is 3.27. The molecule has 0 aromatic rings. The van der Waals surface area contributed by atoms with Gasteiger partial charge >= 0.3 is 5.97 Å². The number of hydrogen-bond acceptors (Lipinski definition) is 3. The highest BCUT2D eigenvalue weighted by molar-refractivity contribution is 5.77. The maximum atomic E-state index is 10.2. The van der Waals surface area contributed by atoms with Crippen molar-refractivity contribution in [3.8, 4) is 0 Å². The third kappa shape index (κ3) is 1.65. The van der Waals surface area contributed by atoms with E-state index in [0.717, 1.165) is 0 Å². The van der Waals surface area contributed by atoms with Gasteiger partial charge in [0.1, 0.15) is 0 Å². The van der Waals surface area contributed by atoms with E-state index in [9.17, 15) is 4.79 Å². The predicted molar refractivity (Wildman–Crippen MR) is 31.9 cm³/mol. The van der Waals surface area contributed by atoms with Crippen LogP contribution in [0.15, 0.2) is 0 Å². The largest absolute Gasteiger partial charge is 0.479 e. The molecule has 0 heterocycles. The third-order valence-corrected chi connectivity index (χ3v) is 1.32. The van der Waals surface area contributed by atoms with Crippen molar-refractivity contribution in [3.05, 3.63) is 0 Å². The summed E-state index contributed by atoms with van der Waals surface area (Å²) in [6, 6.07) is 0. The van der Waals surface area contributed by atoms with E-state index in [0.29, 0.717) is 0 Å². The van der Waals surface area contributed by atoms with Crippen LogP contribution in [0.2, 0.25) is 0 Å². The first-order valence-electron chi connectivity index (χ1n) is 2.72. The van der Waals surface area contributed by atoms with Gasteiger partial charge in [-0.3, -0.25) is 0 Å². The molecule has 0 radical (unpaired) electrons. The quantitative estimate of drug-likeness (QED) is 0.469. The second-order valence-electron chi connectivity index (χ2n) is 1.89. The zero-order valence-electron chi connectivity index (χ0n) is 5.29. The first-order valence-corrected chi connectivity index (χ1v) is 2.72. The van der Waals surface area contributed by atoms with Crippen LogP contribution in [0.3, 0.4) is 0 Å². The average molecular weight is 133 g/mol. The van der Waals surface area contributed by atoms with Crippen molar-refractivity contribution in [1.82, 2.24) is 0 Å². The highest BCUT2D eigenvalue weighted by Gasteiger charge is 2.31. The molecule has 4 nitrogen and oxygen atoms in total. The van der Waals surface area contributed by atoms with Crippen LogP contribution in [-0.2, 0) is 4.79 Å². The Bertz CT molecular complexity index is 109. The molecule has 0 saturated carbocycles. The van der Waals surface area contributed by atoms with E-state index in [1.54, 1.807) is 6.92 Å². The van der Waals surface area contributed by atoms with Gasteiger partial charge in [0.2, 0.25) is 0 Å². The molecule has 0 aromatic carbocycles. The Morgan fingerprint density at radius 1 is 1.78 bits per heavy atom. The van der Waals surface area contributed by atoms with Gasteiger partial charge in [0, 0.05) is 6.54 Å². The summed E-state index contributed by atoms with van der Waals surface area (Å²) in [5.74, 6) is -1.26. The number of aliphatic hydroxyl groups is 1. The molecular formula is C5H11NO3. The lowest BCUT2D eigenvalue weighted by molar-refractivity contribution is -0.157. The first-order chi connectivity index (χ1) is 4.06. The minimum absolute atomic E-state index is 0.138. The summed E-state index contributed by atoms with van der Waals surface area (Å²) < 4.78 is 0. The van der Waals surface area contributed by atoms with Gasteiger partial charge in [-0.1, -0.05) is 6.92 Å². The lowest BCUT2D eigenvalue weighted by Gasteiger charge is -2.17. The van der Waals surface area contributed by atoms with E-state index in [2.05, 4.69) is 0 Å². The Hall–Kier alpha value is -0.610. The molecule has 4 N–H and O–H groups in total. The molecule has 0 aromatic heterocycles. The molecule has 4 heteroatoms. The molecule has 0 aliphatic rings. The van der Waals surface area contributed by atoms with Gasteiger partial charge in [-0.05, 0) is 6.42 Å². The van der Waals surface area contributed by atoms with Gasteiger partial charge in [-0.2, -0.15) is 0 Å². The lowest BCUT2D eigenvalue weighted by Crippen LogP contribution is -2.44. The highest BCUT2D eigenvalue weighted by atomic mass is 16.4. The molecule has 0 bridgehead atoms. The average Bonchev–Trinajstić information content (AvgIpc) is 1.86. The van der Waals surface area contributed by atoms with Crippen LogP contribution in [-0.4, -0.2) is 28.3 Å². The van der Waals surface area contributed by atoms with Crippen LogP contribution in [0.1, 0.15) is 13.3 Å². The molecular weight excluding hydrogens is 122 g/mol. The third-order valence-electron chi connectivity index (χ3n) is 1.32. The van der Waals surface area contributed by atoms with Crippen LogP contribution < -0.4 is 5.73 Å². The number of aliphatic carboxylic acids is 1. The topological polar surface area (TPSA) is 83.5 Å². The molecule has 0 spiro atoms. The molecule has 9 heavy (non-hydrogen) atoms. The van der Waals surface area contributed by atoms with Gasteiger partial charge < -0.3 is 15.9 Å². The number of hydrogen-bond donors (Lipinski definition) is 3. The summed E-state index contributed by atoms with van der Waals surface area (Å²) in [7, 11) is 0. The fraction of sp³-hybridized carbons (Fsp3) is 0.800. The minimum Gasteiger partial charge on any atom is -0.479 e. The summed E-state index contributed by atoms with van der Waals surface area (Å²) in [6.07, 6.45) is 0.138. The van der Waals surface area contributed by atoms with Crippen LogP contribution in [0, 0.1) is 0 Å². The van der Waals surface area contributed by atoms with Crippen molar-refractivity contribution in [2.45, 2.75) is 18.9 Å². The van der Waals surface area contributed by atoms with Crippen molar-refractivity contribution in [2.75, 3.05) is 6.54 Å². The first kappa shape index (κ1) is 8.39. The van der Waals surface area contributed by atoms with Crippen molar-refractivity contribution in [1.29, 1.82) is 0 Å². The van der Waals surface area contributed by atoms with Crippen LogP contribution in [0.4, 0.5) is 0 Å². The van der Waals surface area contributed by atoms with E-state index in [1.165, 1.54) is 0 Å². The molecule has 0 fully saturated rings. The molecule has 1 atom stereocenters. The van der Waals surface area contributed by atoms with Crippen LogP contribution in [0.5, 0.6) is 0 Å². The van der Waals surface area contributed by atoms with E-state index in [4.69, 9.17) is 15.9 Å². The van der Waals surface area contributed by atoms with Crippen molar-refractivity contribution < 1.29 is 15.0 Å². The Balaban J connectivity index is 4.09. The van der Waals surface area contributed by atoms with Crippen LogP contribution >= 0.6 is 0 Å². The van der Waals surface area contributed by atoms with Gasteiger partial charge in [0.25, 0.3) is 0 Å². The van der Waals surface area contributed by atoms with Gasteiger partial charge in [-0.15, -0.1) is 0 Å². The zero-order chi connectivity index (χ0) is 7.49. The number of nitrogens with two attached hydrogens (primary N) is 1. The van der Waals surface area contributed by atoms with Crippen molar-refractivity contribution >= 4 is 5.97 Å². The molecule has 0 aliphatic heterocycles. The van der Waals surface area contributed by atoms with Gasteiger partial charge in [0.05, 0.1) is 0 Å². The van der Waals surface area contributed by atoms with E-state index < -0.39 is 11.6 Å². The molecule has 0 rings (SSSR count). The summed E-state index contributed by atoms with van der Waals surface area (Å²) in [5, 5.41) is 17.3. The predicted octanol–water partition coefficient (Wildman–Crippen LogP) is -0.829. The Morgan fingerprint density at radius 2 is 2.22 bits per heavy atom. The van der Waals surface area contributed by atoms with Crippen molar-refractivity contribution in [3.63, 3.8) is 0 Å². The highest BCUT2D eigenvalue weighted by Crippen LogP contribution is 2.06. The fourth-order valence-corrected chi connectivity index (χ4v) is 0.383. The molecule has 54 valence electrons. The summed E-state index contributed by atoms with van der Waals surface area (Å²) in [6.45, 7) is 1.33. The Morgan fingerprint density at radius 3 is 2.22 bits per heavy atom. The molecule has 0 amide bonds. The monoisotopic (exact) mass is 133 g/mol. The van der Waals surface area contributed by atoms with E-state index in [-0.39, 0.29) is 13.0 Å². The van der Waals surface area contributed by atoms with Crippen LogP contribution in [0.25, 0.3) is 0 Å². The maximum Gasteiger partial charge on any atom is 0.337 e. The SMILES string of the molecule is CC[C@@](O)(CN)C(=O)O. The fourth-order valence-electron chi connectivity index (χ4n) is 0.383. The number of carboxylic acids is 1. The smallest absolute Gasteiger partial charge is 0.337 e. The molecule has 0 aliphatic carbocycles. The van der Waals surface area contributed by atoms with Gasteiger partial charge in [0.15, 0.2) is 5.60 Å². The second-order valence-corrected chi connectivity index (χ2v) is 1.89. The summed E-state index contributed by atoms with van der Waals surface area (Å²) >= 11 is 0.